The normalized spacial score (nSPS) is 26.2. The van der Waals surface area contributed by atoms with Crippen molar-refractivity contribution in [2.24, 2.45) is 5.92 Å². The SMILES string of the molecule is CN(Cc1cscn1)CC1CCCCC1O. The lowest BCUT2D eigenvalue weighted by atomic mass is 9.86. The maximum atomic E-state index is 9.90. The van der Waals surface area contributed by atoms with Gasteiger partial charge >= 0.3 is 0 Å². The van der Waals surface area contributed by atoms with E-state index in [1.165, 1.54) is 19.3 Å². The number of hydrogen-bond donors (Lipinski definition) is 1. The first-order valence-electron chi connectivity index (χ1n) is 5.99. The summed E-state index contributed by atoms with van der Waals surface area (Å²) >= 11 is 1.64. The second-order valence-electron chi connectivity index (χ2n) is 4.79. The van der Waals surface area contributed by atoms with Crippen molar-refractivity contribution < 1.29 is 5.11 Å². The Morgan fingerprint density at radius 1 is 1.50 bits per heavy atom. The van der Waals surface area contributed by atoms with Gasteiger partial charge in [0.15, 0.2) is 0 Å². The second kappa shape index (κ2) is 5.75. The fourth-order valence-electron chi connectivity index (χ4n) is 2.46. The predicted octanol–water partition coefficient (Wildman–Crippen LogP) is 2.13. The van der Waals surface area contributed by atoms with Crippen LogP contribution in [-0.4, -0.2) is 34.7 Å². The zero-order chi connectivity index (χ0) is 11.4. The van der Waals surface area contributed by atoms with Crippen LogP contribution in [0.25, 0.3) is 0 Å². The standard InChI is InChI=1S/C12H20N2OS/c1-14(7-11-8-16-9-13-11)6-10-4-2-3-5-12(10)15/h8-10,12,15H,2-7H2,1H3. The molecular formula is C12H20N2OS. The minimum atomic E-state index is -0.0911. The van der Waals surface area contributed by atoms with Crippen molar-refractivity contribution in [3.63, 3.8) is 0 Å². The quantitative estimate of drug-likeness (QED) is 0.876. The van der Waals surface area contributed by atoms with Crippen LogP contribution in [0.2, 0.25) is 0 Å². The van der Waals surface area contributed by atoms with Crippen LogP contribution in [0.1, 0.15) is 31.4 Å². The van der Waals surface area contributed by atoms with Crippen LogP contribution in [0, 0.1) is 5.92 Å². The summed E-state index contributed by atoms with van der Waals surface area (Å²) in [5, 5.41) is 12.0. The third kappa shape index (κ3) is 3.27. The summed E-state index contributed by atoms with van der Waals surface area (Å²) in [6, 6.07) is 0. The summed E-state index contributed by atoms with van der Waals surface area (Å²) in [5.74, 6) is 0.456. The fourth-order valence-corrected chi connectivity index (χ4v) is 3.01. The van der Waals surface area contributed by atoms with E-state index in [1.807, 2.05) is 5.51 Å². The Balaban J connectivity index is 1.79. The van der Waals surface area contributed by atoms with Gasteiger partial charge in [-0.05, 0) is 25.8 Å². The highest BCUT2D eigenvalue weighted by Gasteiger charge is 2.24. The van der Waals surface area contributed by atoms with Crippen LogP contribution in [-0.2, 0) is 6.54 Å². The Morgan fingerprint density at radius 3 is 3.00 bits per heavy atom. The molecule has 1 aliphatic carbocycles. The third-order valence-electron chi connectivity index (χ3n) is 3.33. The molecule has 16 heavy (non-hydrogen) atoms. The number of aliphatic hydroxyl groups excluding tert-OH is 1. The van der Waals surface area contributed by atoms with Crippen LogP contribution in [0.4, 0.5) is 0 Å². The van der Waals surface area contributed by atoms with Crippen LogP contribution >= 0.6 is 11.3 Å². The zero-order valence-corrected chi connectivity index (χ0v) is 10.6. The van der Waals surface area contributed by atoms with Gasteiger partial charge < -0.3 is 10.0 Å². The Morgan fingerprint density at radius 2 is 2.31 bits per heavy atom. The van der Waals surface area contributed by atoms with Gasteiger partial charge in [-0.25, -0.2) is 4.98 Å². The molecule has 0 amide bonds. The van der Waals surface area contributed by atoms with Crippen molar-refractivity contribution in [3.05, 3.63) is 16.6 Å². The van der Waals surface area contributed by atoms with Crippen molar-refractivity contribution in [2.45, 2.75) is 38.3 Å². The minimum absolute atomic E-state index is 0.0911. The lowest BCUT2D eigenvalue weighted by molar-refractivity contribution is 0.0500. The van der Waals surface area contributed by atoms with Crippen molar-refractivity contribution in [3.8, 4) is 0 Å². The number of thiazole rings is 1. The summed E-state index contributed by atoms with van der Waals surface area (Å²) in [6.07, 6.45) is 4.52. The monoisotopic (exact) mass is 240 g/mol. The fraction of sp³-hybridized carbons (Fsp3) is 0.750. The van der Waals surface area contributed by atoms with E-state index in [4.69, 9.17) is 0 Å². The van der Waals surface area contributed by atoms with Gasteiger partial charge in [0.25, 0.3) is 0 Å². The van der Waals surface area contributed by atoms with E-state index in [0.29, 0.717) is 5.92 Å². The Kier molecular flexibility index (Phi) is 4.32. The van der Waals surface area contributed by atoms with E-state index in [-0.39, 0.29) is 6.10 Å². The molecule has 0 spiro atoms. The van der Waals surface area contributed by atoms with E-state index in [9.17, 15) is 5.11 Å². The lowest BCUT2D eigenvalue weighted by Gasteiger charge is -2.30. The van der Waals surface area contributed by atoms with Gasteiger partial charge in [0.1, 0.15) is 0 Å². The van der Waals surface area contributed by atoms with Crippen molar-refractivity contribution in [1.82, 2.24) is 9.88 Å². The molecule has 1 aliphatic rings. The summed E-state index contributed by atoms with van der Waals surface area (Å²) in [6.45, 7) is 1.88. The highest BCUT2D eigenvalue weighted by atomic mass is 32.1. The maximum absolute atomic E-state index is 9.90. The Labute approximate surface area is 101 Å². The van der Waals surface area contributed by atoms with Crippen LogP contribution in [0.15, 0.2) is 10.9 Å². The molecule has 1 fully saturated rings. The topological polar surface area (TPSA) is 36.4 Å². The van der Waals surface area contributed by atoms with Gasteiger partial charge in [-0.15, -0.1) is 11.3 Å². The first kappa shape index (κ1) is 12.0. The molecule has 2 atom stereocenters. The summed E-state index contributed by atoms with van der Waals surface area (Å²) in [5.41, 5.74) is 3.01. The summed E-state index contributed by atoms with van der Waals surface area (Å²) < 4.78 is 0. The smallest absolute Gasteiger partial charge is 0.0795 e. The highest BCUT2D eigenvalue weighted by molar-refractivity contribution is 7.07. The molecule has 0 aromatic carbocycles. The number of rotatable bonds is 4. The van der Waals surface area contributed by atoms with Crippen LogP contribution in [0.5, 0.6) is 0 Å². The van der Waals surface area contributed by atoms with Crippen molar-refractivity contribution in [2.75, 3.05) is 13.6 Å². The van der Waals surface area contributed by atoms with Gasteiger partial charge in [0.05, 0.1) is 17.3 Å². The van der Waals surface area contributed by atoms with Crippen LogP contribution in [0.3, 0.4) is 0 Å². The van der Waals surface area contributed by atoms with Crippen molar-refractivity contribution >= 4 is 11.3 Å². The molecule has 2 unspecified atom stereocenters. The molecule has 2 rings (SSSR count). The molecule has 1 saturated carbocycles. The molecule has 0 saturated heterocycles. The van der Waals surface area contributed by atoms with Gasteiger partial charge in [-0.3, -0.25) is 0 Å². The van der Waals surface area contributed by atoms with E-state index in [2.05, 4.69) is 22.3 Å². The lowest BCUT2D eigenvalue weighted by Crippen LogP contribution is -2.34. The Hall–Kier alpha value is -0.450. The number of aromatic nitrogens is 1. The molecule has 0 radical (unpaired) electrons. The average molecular weight is 240 g/mol. The van der Waals surface area contributed by atoms with Crippen LogP contribution < -0.4 is 0 Å². The Bertz CT molecular complexity index is 302. The molecule has 1 aromatic rings. The van der Waals surface area contributed by atoms with E-state index < -0.39 is 0 Å². The second-order valence-corrected chi connectivity index (χ2v) is 5.51. The van der Waals surface area contributed by atoms with Crippen molar-refractivity contribution in [1.29, 1.82) is 0 Å². The summed E-state index contributed by atoms with van der Waals surface area (Å²) in [4.78, 5) is 6.55. The number of hydrogen-bond acceptors (Lipinski definition) is 4. The molecule has 90 valence electrons. The van der Waals surface area contributed by atoms with Gasteiger partial charge in [0.2, 0.25) is 0 Å². The van der Waals surface area contributed by atoms with Gasteiger partial charge in [-0.2, -0.15) is 0 Å². The van der Waals surface area contributed by atoms with E-state index in [0.717, 1.165) is 25.2 Å². The molecule has 1 aromatic heterocycles. The zero-order valence-electron chi connectivity index (χ0n) is 9.80. The van der Waals surface area contributed by atoms with Gasteiger partial charge in [-0.1, -0.05) is 12.8 Å². The first-order valence-corrected chi connectivity index (χ1v) is 6.93. The largest absolute Gasteiger partial charge is 0.393 e. The predicted molar refractivity (Wildman–Crippen MR) is 66.4 cm³/mol. The molecule has 0 aliphatic heterocycles. The number of nitrogens with zero attached hydrogens (tertiary/aromatic N) is 2. The maximum Gasteiger partial charge on any atom is 0.0795 e. The third-order valence-corrected chi connectivity index (χ3v) is 3.97. The van der Waals surface area contributed by atoms with E-state index >= 15 is 0 Å². The molecule has 1 heterocycles. The van der Waals surface area contributed by atoms with Gasteiger partial charge in [0, 0.05) is 18.5 Å². The minimum Gasteiger partial charge on any atom is -0.393 e. The first-order chi connectivity index (χ1) is 7.75. The molecular weight excluding hydrogens is 220 g/mol. The molecule has 1 N–H and O–H groups in total. The average Bonchev–Trinajstić information content (AvgIpc) is 2.74. The molecule has 0 bridgehead atoms. The molecule has 4 heteroatoms. The highest BCUT2D eigenvalue weighted by Crippen LogP contribution is 2.25. The van der Waals surface area contributed by atoms with E-state index in [1.54, 1.807) is 11.3 Å². The summed E-state index contributed by atoms with van der Waals surface area (Å²) in [7, 11) is 2.11. The number of aliphatic hydroxyl groups is 1. The molecule has 3 nitrogen and oxygen atoms in total.